The Morgan fingerprint density at radius 3 is 2.79 bits per heavy atom. The third-order valence-corrected chi connectivity index (χ3v) is 3.95. The van der Waals surface area contributed by atoms with Crippen molar-refractivity contribution in [3.8, 4) is 0 Å². The molecule has 7 nitrogen and oxygen atoms in total. The van der Waals surface area contributed by atoms with E-state index in [0.29, 0.717) is 5.92 Å². The molecule has 0 saturated carbocycles. The average molecular weight is 336 g/mol. The monoisotopic (exact) mass is 336 g/mol. The fourth-order valence-corrected chi connectivity index (χ4v) is 2.64. The van der Waals surface area contributed by atoms with Gasteiger partial charge in [-0.15, -0.1) is 0 Å². The summed E-state index contributed by atoms with van der Waals surface area (Å²) < 4.78 is 5.29. The topological polar surface area (TPSA) is 125 Å². The van der Waals surface area contributed by atoms with Crippen molar-refractivity contribution in [2.75, 3.05) is 0 Å². The summed E-state index contributed by atoms with van der Waals surface area (Å²) in [5.41, 5.74) is 3.86. The summed E-state index contributed by atoms with van der Waals surface area (Å²) in [6.45, 7) is 4.04. The predicted octanol–water partition coefficient (Wildman–Crippen LogP) is -0.107. The van der Waals surface area contributed by atoms with Crippen LogP contribution in [0.2, 0.25) is 0 Å². The summed E-state index contributed by atoms with van der Waals surface area (Å²) >= 11 is 0. The molecule has 2 amide bonds. The van der Waals surface area contributed by atoms with Crippen LogP contribution in [0, 0.1) is 5.92 Å². The highest BCUT2D eigenvalue weighted by atomic mass is 16.6. The number of primary amides is 1. The number of hydrogen-bond donors (Lipinski definition) is 4. The lowest BCUT2D eigenvalue weighted by molar-refractivity contribution is -0.119. The number of rotatable bonds is 7. The first-order valence-corrected chi connectivity index (χ1v) is 7.96. The van der Waals surface area contributed by atoms with E-state index >= 15 is 0 Å². The van der Waals surface area contributed by atoms with Crippen molar-refractivity contribution in [3.63, 3.8) is 0 Å². The number of epoxide rings is 1. The second-order valence-electron chi connectivity index (χ2n) is 6.50. The Morgan fingerprint density at radius 2 is 2.17 bits per heavy atom. The van der Waals surface area contributed by atoms with Crippen LogP contribution in [0.3, 0.4) is 0 Å². The summed E-state index contributed by atoms with van der Waals surface area (Å²) in [7, 11) is 0. The molecule has 1 heterocycles. The summed E-state index contributed by atoms with van der Waals surface area (Å²) in [6, 6.07) is 0. The van der Waals surface area contributed by atoms with Crippen molar-refractivity contribution in [3.05, 3.63) is 36.1 Å². The van der Waals surface area contributed by atoms with Gasteiger partial charge in [0.25, 0.3) is 0 Å². The SMILES string of the molecule is CC(C)/C=C/C=C/C(=O)NC1=C[C@@](O)(CCC(N)=O)[C@H]2O[C@H]2[C@@H]1O. The van der Waals surface area contributed by atoms with E-state index in [1.54, 1.807) is 12.2 Å². The van der Waals surface area contributed by atoms with Crippen LogP contribution in [-0.4, -0.2) is 45.9 Å². The molecular weight excluding hydrogens is 312 g/mol. The molecule has 1 aliphatic heterocycles. The van der Waals surface area contributed by atoms with Crippen LogP contribution in [0.25, 0.3) is 0 Å². The second kappa shape index (κ2) is 7.29. The zero-order valence-corrected chi connectivity index (χ0v) is 13.8. The van der Waals surface area contributed by atoms with Gasteiger partial charge in [-0.25, -0.2) is 0 Å². The van der Waals surface area contributed by atoms with E-state index in [0.717, 1.165) is 0 Å². The van der Waals surface area contributed by atoms with Crippen molar-refractivity contribution < 1.29 is 24.5 Å². The van der Waals surface area contributed by atoms with Gasteiger partial charge in [0.05, 0.1) is 0 Å². The summed E-state index contributed by atoms with van der Waals surface area (Å²) in [6.07, 6.45) is 5.83. The number of aliphatic hydroxyl groups is 2. The fourth-order valence-electron chi connectivity index (χ4n) is 2.64. The normalized spacial score (nSPS) is 32.0. The van der Waals surface area contributed by atoms with Crippen LogP contribution < -0.4 is 11.1 Å². The van der Waals surface area contributed by atoms with Crippen LogP contribution >= 0.6 is 0 Å². The van der Waals surface area contributed by atoms with Crippen molar-refractivity contribution in [2.24, 2.45) is 11.7 Å². The molecule has 0 unspecified atom stereocenters. The summed E-state index contributed by atoms with van der Waals surface area (Å²) in [4.78, 5) is 22.9. The van der Waals surface area contributed by atoms with Crippen molar-refractivity contribution in [1.29, 1.82) is 0 Å². The van der Waals surface area contributed by atoms with Gasteiger partial charge in [0.1, 0.15) is 23.9 Å². The molecule has 0 aromatic heterocycles. The quantitative estimate of drug-likeness (QED) is 0.293. The van der Waals surface area contributed by atoms with Crippen molar-refractivity contribution in [2.45, 2.75) is 50.6 Å². The zero-order valence-electron chi connectivity index (χ0n) is 13.8. The number of ether oxygens (including phenoxy) is 1. The number of nitrogens with one attached hydrogen (secondary N) is 1. The third-order valence-electron chi connectivity index (χ3n) is 3.95. The minimum Gasteiger partial charge on any atom is -0.384 e. The number of hydrogen-bond acceptors (Lipinski definition) is 5. The second-order valence-corrected chi connectivity index (χ2v) is 6.50. The summed E-state index contributed by atoms with van der Waals surface area (Å²) in [5.74, 6) is -0.583. The van der Waals surface area contributed by atoms with Crippen molar-refractivity contribution >= 4 is 11.8 Å². The highest BCUT2D eigenvalue weighted by Gasteiger charge is 2.60. The third kappa shape index (κ3) is 4.53. The molecule has 0 aromatic rings. The molecule has 2 aliphatic rings. The average Bonchev–Trinajstić information content (AvgIpc) is 3.29. The molecule has 1 aliphatic carbocycles. The first-order chi connectivity index (χ1) is 11.2. The molecule has 5 N–H and O–H groups in total. The van der Waals surface area contributed by atoms with Gasteiger partial charge >= 0.3 is 0 Å². The molecular formula is C17H24N2O5. The van der Waals surface area contributed by atoms with E-state index in [1.165, 1.54) is 12.2 Å². The number of aliphatic hydroxyl groups excluding tert-OH is 1. The van der Waals surface area contributed by atoms with E-state index in [4.69, 9.17) is 10.5 Å². The molecule has 1 saturated heterocycles. The minimum absolute atomic E-state index is 0.0171. The van der Waals surface area contributed by atoms with Crippen LogP contribution in [0.4, 0.5) is 0 Å². The standard InChI is InChI=1S/C17H24N2O5/c1-10(2)5-3-4-6-13(21)19-11-9-17(23,8-7-12(18)20)16-15(24-16)14(11)22/h3-6,9-10,14-16,22-23H,7-8H2,1-2H3,(H2,18,20)(H,19,21)/b5-3+,6-4+/t14-,15+,16+,17+/m1/s1. The highest BCUT2D eigenvalue weighted by molar-refractivity contribution is 5.89. The van der Waals surface area contributed by atoms with E-state index in [-0.39, 0.29) is 18.5 Å². The Bertz CT molecular complexity index is 596. The molecule has 0 bridgehead atoms. The van der Waals surface area contributed by atoms with Crippen LogP contribution in [0.1, 0.15) is 26.7 Å². The van der Waals surface area contributed by atoms with E-state index in [1.807, 2.05) is 19.9 Å². The van der Waals surface area contributed by atoms with E-state index < -0.39 is 35.7 Å². The Balaban J connectivity index is 2.03. The molecule has 4 atom stereocenters. The molecule has 24 heavy (non-hydrogen) atoms. The van der Waals surface area contributed by atoms with Gasteiger partial charge in [-0.05, 0) is 18.4 Å². The largest absolute Gasteiger partial charge is 0.384 e. The van der Waals surface area contributed by atoms with E-state index in [2.05, 4.69) is 5.32 Å². The van der Waals surface area contributed by atoms with Crippen molar-refractivity contribution in [1.82, 2.24) is 5.32 Å². The maximum Gasteiger partial charge on any atom is 0.248 e. The maximum atomic E-state index is 11.9. The number of carbonyl (C=O) groups is 2. The Hall–Kier alpha value is -1.96. The molecule has 132 valence electrons. The lowest BCUT2D eigenvalue weighted by atomic mass is 9.84. The van der Waals surface area contributed by atoms with Crippen LogP contribution in [0.15, 0.2) is 36.1 Å². The van der Waals surface area contributed by atoms with Gasteiger partial charge < -0.3 is 26.0 Å². The zero-order chi connectivity index (χ0) is 17.9. The molecule has 2 rings (SSSR count). The molecule has 0 spiro atoms. The van der Waals surface area contributed by atoms with Gasteiger partial charge in [0.2, 0.25) is 11.8 Å². The minimum atomic E-state index is -1.43. The number of fused-ring (bicyclic) bond motifs is 1. The Kier molecular flexibility index (Phi) is 5.58. The number of amides is 2. The Labute approximate surface area is 140 Å². The molecule has 0 radical (unpaired) electrons. The molecule has 7 heteroatoms. The Morgan fingerprint density at radius 1 is 1.46 bits per heavy atom. The first kappa shape index (κ1) is 18.4. The number of nitrogens with two attached hydrogens (primary N) is 1. The van der Waals surface area contributed by atoms with Gasteiger partial charge in [-0.3, -0.25) is 9.59 Å². The van der Waals surface area contributed by atoms with Gasteiger partial charge in [0.15, 0.2) is 0 Å². The van der Waals surface area contributed by atoms with Gasteiger partial charge in [-0.2, -0.15) is 0 Å². The molecule has 0 aromatic carbocycles. The lowest BCUT2D eigenvalue weighted by Gasteiger charge is -2.29. The van der Waals surface area contributed by atoms with Gasteiger partial charge in [0, 0.05) is 18.2 Å². The van der Waals surface area contributed by atoms with Gasteiger partial charge in [-0.1, -0.05) is 32.1 Å². The first-order valence-electron chi connectivity index (χ1n) is 7.96. The summed E-state index contributed by atoms with van der Waals surface area (Å²) in [5, 5.41) is 23.3. The molecule has 1 fully saturated rings. The predicted molar refractivity (Wildman–Crippen MR) is 87.4 cm³/mol. The van der Waals surface area contributed by atoms with Crippen LogP contribution in [0.5, 0.6) is 0 Å². The smallest absolute Gasteiger partial charge is 0.248 e. The maximum absolute atomic E-state index is 11.9. The van der Waals surface area contributed by atoms with Crippen LogP contribution in [-0.2, 0) is 14.3 Å². The lowest BCUT2D eigenvalue weighted by Crippen LogP contribution is -2.46. The number of carbonyl (C=O) groups excluding carboxylic acids is 2. The fraction of sp³-hybridized carbons (Fsp3) is 0.529. The number of allylic oxidation sites excluding steroid dienone is 3. The highest BCUT2D eigenvalue weighted by Crippen LogP contribution is 2.44. The van der Waals surface area contributed by atoms with E-state index in [9.17, 15) is 19.8 Å².